The highest BCUT2D eigenvalue weighted by atomic mass is 32.2. The molecule has 0 unspecified atom stereocenters. The molecule has 0 saturated heterocycles. The Morgan fingerprint density at radius 1 is 1.29 bits per heavy atom. The van der Waals surface area contributed by atoms with E-state index < -0.39 is 17.7 Å². The number of halogens is 2. The minimum atomic E-state index is -0.676. The van der Waals surface area contributed by atoms with Crippen molar-refractivity contribution in [3.8, 4) is 0 Å². The van der Waals surface area contributed by atoms with Crippen molar-refractivity contribution in [1.29, 1.82) is 0 Å². The zero-order valence-corrected chi connectivity index (χ0v) is 16.9. The standard InChI is InChI=1S/C19H21F2N5OS/c1-10-14(12(3)26-18(23-10)24-19(25-26)28-4)7-8-17(27)22-11(2)15-6-5-13(20)9-16(15)21/h5-6,9,11H,7-8H2,1-4H3,(H,22,27)/t11-/m0/s1. The van der Waals surface area contributed by atoms with Gasteiger partial charge in [0, 0.05) is 29.4 Å². The molecule has 28 heavy (non-hydrogen) atoms. The summed E-state index contributed by atoms with van der Waals surface area (Å²) in [5.41, 5.74) is 2.87. The van der Waals surface area contributed by atoms with Gasteiger partial charge in [-0.05, 0) is 45.1 Å². The van der Waals surface area contributed by atoms with Gasteiger partial charge in [0.2, 0.25) is 11.1 Å². The summed E-state index contributed by atoms with van der Waals surface area (Å²) in [6.07, 6.45) is 2.58. The zero-order valence-electron chi connectivity index (χ0n) is 16.1. The number of nitrogens with zero attached hydrogens (tertiary/aromatic N) is 4. The number of aromatic nitrogens is 4. The van der Waals surface area contributed by atoms with Crippen LogP contribution in [0.15, 0.2) is 23.4 Å². The Morgan fingerprint density at radius 2 is 2.04 bits per heavy atom. The van der Waals surface area contributed by atoms with E-state index in [1.807, 2.05) is 20.1 Å². The first kappa shape index (κ1) is 20.2. The van der Waals surface area contributed by atoms with Gasteiger partial charge in [0.05, 0.1) is 6.04 Å². The van der Waals surface area contributed by atoms with Crippen molar-refractivity contribution in [3.05, 3.63) is 52.3 Å². The van der Waals surface area contributed by atoms with Crippen LogP contribution in [0, 0.1) is 25.5 Å². The highest BCUT2D eigenvalue weighted by molar-refractivity contribution is 7.98. The molecule has 1 N–H and O–H groups in total. The average molecular weight is 405 g/mol. The fraction of sp³-hybridized carbons (Fsp3) is 0.368. The maximum Gasteiger partial charge on any atom is 0.253 e. The van der Waals surface area contributed by atoms with Gasteiger partial charge in [-0.3, -0.25) is 4.79 Å². The summed E-state index contributed by atoms with van der Waals surface area (Å²) in [5.74, 6) is -1.01. The summed E-state index contributed by atoms with van der Waals surface area (Å²) in [7, 11) is 0. The molecule has 3 aromatic rings. The number of carbonyl (C=O) groups is 1. The molecule has 0 fully saturated rings. The molecule has 1 amide bonds. The third-order valence-corrected chi connectivity index (χ3v) is 5.16. The van der Waals surface area contributed by atoms with Crippen molar-refractivity contribution in [1.82, 2.24) is 24.9 Å². The molecule has 0 aliphatic carbocycles. The monoisotopic (exact) mass is 405 g/mol. The number of rotatable bonds is 6. The lowest BCUT2D eigenvalue weighted by molar-refractivity contribution is -0.121. The Labute approximate surface area is 165 Å². The van der Waals surface area contributed by atoms with Crippen molar-refractivity contribution in [3.63, 3.8) is 0 Å². The Hall–Kier alpha value is -2.55. The van der Waals surface area contributed by atoms with Crippen LogP contribution in [0.25, 0.3) is 5.78 Å². The SMILES string of the molecule is CSc1nc2nc(C)c(CCC(=O)N[C@@H](C)c3ccc(F)cc3F)c(C)n2n1. The molecular formula is C19H21F2N5OS. The van der Waals surface area contributed by atoms with Crippen LogP contribution >= 0.6 is 11.8 Å². The number of nitrogens with one attached hydrogen (secondary N) is 1. The fourth-order valence-corrected chi connectivity index (χ4v) is 3.46. The van der Waals surface area contributed by atoms with Gasteiger partial charge >= 0.3 is 0 Å². The normalized spacial score (nSPS) is 12.4. The molecule has 1 aromatic carbocycles. The molecule has 2 heterocycles. The minimum absolute atomic E-state index is 0.214. The Balaban J connectivity index is 1.70. The number of aryl methyl sites for hydroxylation is 2. The summed E-state index contributed by atoms with van der Waals surface area (Å²) >= 11 is 1.44. The first-order valence-electron chi connectivity index (χ1n) is 8.81. The summed E-state index contributed by atoms with van der Waals surface area (Å²) in [5, 5.41) is 7.79. The van der Waals surface area contributed by atoms with E-state index in [0.29, 0.717) is 17.4 Å². The third kappa shape index (κ3) is 4.14. The lowest BCUT2D eigenvalue weighted by atomic mass is 10.0. The van der Waals surface area contributed by atoms with Crippen LogP contribution in [-0.2, 0) is 11.2 Å². The van der Waals surface area contributed by atoms with Crippen molar-refractivity contribution >= 4 is 23.4 Å². The summed E-state index contributed by atoms with van der Waals surface area (Å²) in [6.45, 7) is 5.46. The van der Waals surface area contributed by atoms with Crippen molar-refractivity contribution in [2.24, 2.45) is 0 Å². The second-order valence-electron chi connectivity index (χ2n) is 6.53. The highest BCUT2D eigenvalue weighted by Gasteiger charge is 2.17. The number of hydrogen-bond donors (Lipinski definition) is 1. The predicted octanol–water partition coefficient (Wildman–Crippen LogP) is 3.55. The van der Waals surface area contributed by atoms with Crippen LogP contribution in [0.1, 0.15) is 41.9 Å². The van der Waals surface area contributed by atoms with Crippen LogP contribution in [0.4, 0.5) is 8.78 Å². The van der Waals surface area contributed by atoms with Crippen LogP contribution < -0.4 is 5.32 Å². The van der Waals surface area contributed by atoms with Crippen molar-refractivity contribution in [2.75, 3.05) is 6.26 Å². The molecule has 9 heteroatoms. The molecule has 0 aliphatic heterocycles. The smallest absolute Gasteiger partial charge is 0.253 e. The predicted molar refractivity (Wildman–Crippen MR) is 103 cm³/mol. The van der Waals surface area contributed by atoms with Gasteiger partial charge in [0.15, 0.2) is 0 Å². The number of hydrogen-bond acceptors (Lipinski definition) is 5. The van der Waals surface area contributed by atoms with E-state index in [0.717, 1.165) is 23.0 Å². The molecule has 0 spiro atoms. The van der Waals surface area contributed by atoms with Gasteiger partial charge < -0.3 is 5.32 Å². The number of fused-ring (bicyclic) bond motifs is 1. The second-order valence-corrected chi connectivity index (χ2v) is 7.30. The molecule has 0 bridgehead atoms. The second kappa shape index (κ2) is 8.22. The largest absolute Gasteiger partial charge is 0.349 e. The van der Waals surface area contributed by atoms with Crippen molar-refractivity contribution in [2.45, 2.75) is 44.8 Å². The number of benzene rings is 1. The third-order valence-electron chi connectivity index (χ3n) is 4.62. The van der Waals surface area contributed by atoms with Gasteiger partial charge in [0.25, 0.3) is 5.78 Å². The number of carbonyl (C=O) groups excluding carboxylic acids is 1. The van der Waals surface area contributed by atoms with Crippen LogP contribution in [0.5, 0.6) is 0 Å². The average Bonchev–Trinajstić information content (AvgIpc) is 3.04. The first-order chi connectivity index (χ1) is 13.3. The van der Waals surface area contributed by atoms with E-state index in [2.05, 4.69) is 20.4 Å². The lowest BCUT2D eigenvalue weighted by Crippen LogP contribution is -2.27. The van der Waals surface area contributed by atoms with Crippen LogP contribution in [0.3, 0.4) is 0 Å². The van der Waals surface area contributed by atoms with E-state index >= 15 is 0 Å². The van der Waals surface area contributed by atoms with E-state index in [9.17, 15) is 13.6 Å². The quantitative estimate of drug-likeness (QED) is 0.635. The lowest BCUT2D eigenvalue weighted by Gasteiger charge is -2.16. The van der Waals surface area contributed by atoms with Gasteiger partial charge in [-0.25, -0.2) is 18.3 Å². The molecule has 0 radical (unpaired) electrons. The van der Waals surface area contributed by atoms with Gasteiger partial charge in [-0.2, -0.15) is 4.98 Å². The maximum absolute atomic E-state index is 13.9. The number of thioether (sulfide) groups is 1. The van der Waals surface area contributed by atoms with E-state index in [4.69, 9.17) is 0 Å². The maximum atomic E-state index is 13.9. The fourth-order valence-electron chi connectivity index (χ4n) is 3.12. The molecule has 0 aliphatic rings. The van der Waals surface area contributed by atoms with Gasteiger partial charge in [-0.1, -0.05) is 17.8 Å². The van der Waals surface area contributed by atoms with Gasteiger partial charge in [0.1, 0.15) is 11.6 Å². The van der Waals surface area contributed by atoms with E-state index in [-0.39, 0.29) is 17.9 Å². The highest BCUT2D eigenvalue weighted by Crippen LogP contribution is 2.20. The van der Waals surface area contributed by atoms with E-state index in [1.54, 1.807) is 11.4 Å². The molecule has 148 valence electrons. The molecular weight excluding hydrogens is 384 g/mol. The Bertz CT molecular complexity index is 1040. The summed E-state index contributed by atoms with van der Waals surface area (Å²) < 4.78 is 28.6. The number of amides is 1. The van der Waals surface area contributed by atoms with Crippen LogP contribution in [0.2, 0.25) is 0 Å². The topological polar surface area (TPSA) is 72.2 Å². The summed E-state index contributed by atoms with van der Waals surface area (Å²) in [6, 6.07) is 2.77. The molecule has 1 atom stereocenters. The zero-order chi connectivity index (χ0) is 20.4. The molecule has 6 nitrogen and oxygen atoms in total. The van der Waals surface area contributed by atoms with Crippen LogP contribution in [-0.4, -0.2) is 31.7 Å². The Morgan fingerprint density at radius 3 is 2.71 bits per heavy atom. The van der Waals surface area contributed by atoms with E-state index in [1.165, 1.54) is 23.9 Å². The first-order valence-corrected chi connectivity index (χ1v) is 10.0. The minimum Gasteiger partial charge on any atom is -0.349 e. The molecule has 3 rings (SSSR count). The Kier molecular flexibility index (Phi) is 5.93. The summed E-state index contributed by atoms with van der Waals surface area (Å²) in [4.78, 5) is 21.2. The van der Waals surface area contributed by atoms with Crippen molar-refractivity contribution < 1.29 is 13.6 Å². The molecule has 0 saturated carbocycles. The van der Waals surface area contributed by atoms with Gasteiger partial charge in [-0.15, -0.1) is 5.10 Å². The molecule has 2 aromatic heterocycles.